The Morgan fingerprint density at radius 2 is 1.90 bits per heavy atom. The Balaban J connectivity index is 1.92. The van der Waals surface area contributed by atoms with Crippen LogP contribution < -0.4 is 0 Å². The normalized spacial score (nSPS) is 11.6. The van der Waals surface area contributed by atoms with Crippen LogP contribution in [0, 0.1) is 6.92 Å². The van der Waals surface area contributed by atoms with Gasteiger partial charge in [0.1, 0.15) is 0 Å². The fraction of sp³-hybridized carbons (Fsp3) is 0.0625. The van der Waals surface area contributed by atoms with Crippen molar-refractivity contribution in [2.45, 2.75) is 6.92 Å². The lowest BCUT2D eigenvalue weighted by Gasteiger charge is -1.99. The van der Waals surface area contributed by atoms with Crippen LogP contribution in [0.2, 0.25) is 10.0 Å². The highest BCUT2D eigenvalue weighted by atomic mass is 35.5. The van der Waals surface area contributed by atoms with Gasteiger partial charge in [-0.2, -0.15) is 0 Å². The minimum atomic E-state index is 0.547. The number of hydrogen-bond donors (Lipinski definition) is 0. The summed E-state index contributed by atoms with van der Waals surface area (Å²) in [5.74, 6) is 0. The third kappa shape index (κ3) is 2.13. The van der Waals surface area contributed by atoms with Crippen LogP contribution in [0.15, 0.2) is 42.6 Å². The van der Waals surface area contributed by atoms with E-state index in [1.165, 1.54) is 15.8 Å². The number of thiazole rings is 1. The maximum absolute atomic E-state index is 6.08. The Hall–Kier alpha value is -1.55. The number of aryl methyl sites for hydroxylation is 1. The SMILES string of the molecule is Cc1ccc2c(c1)sc1nc(-c3ccc(Cl)c(Cl)c3)cn12. The number of aromatic nitrogens is 2. The second kappa shape index (κ2) is 4.73. The average molecular weight is 333 g/mol. The van der Waals surface area contributed by atoms with Gasteiger partial charge in [0.2, 0.25) is 0 Å². The Kier molecular flexibility index (Phi) is 2.96. The molecule has 5 heteroatoms. The molecule has 0 N–H and O–H groups in total. The van der Waals surface area contributed by atoms with Gasteiger partial charge in [0.05, 0.1) is 26.0 Å². The molecular weight excluding hydrogens is 323 g/mol. The van der Waals surface area contributed by atoms with Gasteiger partial charge in [-0.25, -0.2) is 4.98 Å². The van der Waals surface area contributed by atoms with Crippen molar-refractivity contribution in [1.29, 1.82) is 0 Å². The summed E-state index contributed by atoms with van der Waals surface area (Å²) < 4.78 is 3.37. The van der Waals surface area contributed by atoms with Crippen LogP contribution >= 0.6 is 34.5 Å². The molecule has 0 unspecified atom stereocenters. The number of imidazole rings is 1. The second-order valence-corrected chi connectivity index (χ2v) is 6.80. The van der Waals surface area contributed by atoms with Crippen molar-refractivity contribution in [2.24, 2.45) is 0 Å². The molecule has 0 aliphatic heterocycles. The monoisotopic (exact) mass is 332 g/mol. The van der Waals surface area contributed by atoms with Crippen molar-refractivity contribution >= 4 is 49.7 Å². The molecule has 0 atom stereocenters. The summed E-state index contributed by atoms with van der Waals surface area (Å²) in [6.07, 6.45) is 2.04. The van der Waals surface area contributed by atoms with Crippen molar-refractivity contribution in [3.63, 3.8) is 0 Å². The Labute approximate surface area is 135 Å². The summed E-state index contributed by atoms with van der Waals surface area (Å²) >= 11 is 13.7. The zero-order valence-corrected chi connectivity index (χ0v) is 13.4. The standard InChI is InChI=1S/C16H10Cl2N2S/c1-9-2-5-14-15(6-9)21-16-19-13(8-20(14)16)10-3-4-11(17)12(18)7-10/h2-8H,1H3. The van der Waals surface area contributed by atoms with E-state index in [0.29, 0.717) is 10.0 Å². The number of benzene rings is 2. The molecule has 21 heavy (non-hydrogen) atoms. The van der Waals surface area contributed by atoms with Gasteiger partial charge < -0.3 is 0 Å². The zero-order chi connectivity index (χ0) is 14.6. The van der Waals surface area contributed by atoms with Crippen molar-refractivity contribution in [3.8, 4) is 11.3 Å². The second-order valence-electron chi connectivity index (χ2n) is 4.98. The minimum Gasteiger partial charge on any atom is -0.290 e. The van der Waals surface area contributed by atoms with Gasteiger partial charge in [0.15, 0.2) is 4.96 Å². The number of nitrogens with zero attached hydrogens (tertiary/aromatic N) is 2. The van der Waals surface area contributed by atoms with Gasteiger partial charge in [-0.1, -0.05) is 46.7 Å². The van der Waals surface area contributed by atoms with Crippen molar-refractivity contribution in [2.75, 3.05) is 0 Å². The van der Waals surface area contributed by atoms with E-state index in [2.05, 4.69) is 29.5 Å². The fourth-order valence-corrected chi connectivity index (χ4v) is 3.81. The molecule has 2 nitrogen and oxygen atoms in total. The van der Waals surface area contributed by atoms with Crippen LogP contribution in [0.3, 0.4) is 0 Å². The molecule has 0 saturated carbocycles. The van der Waals surface area contributed by atoms with E-state index >= 15 is 0 Å². The number of halogens is 2. The molecule has 0 aliphatic rings. The van der Waals surface area contributed by atoms with Crippen LogP contribution in [0.5, 0.6) is 0 Å². The van der Waals surface area contributed by atoms with Gasteiger partial charge in [-0.15, -0.1) is 0 Å². The molecule has 2 aromatic heterocycles. The lowest BCUT2D eigenvalue weighted by atomic mass is 10.2. The van der Waals surface area contributed by atoms with Gasteiger partial charge in [0, 0.05) is 11.8 Å². The molecule has 0 radical (unpaired) electrons. The largest absolute Gasteiger partial charge is 0.290 e. The number of fused-ring (bicyclic) bond motifs is 3. The third-order valence-corrected chi connectivity index (χ3v) is 5.22. The predicted molar refractivity (Wildman–Crippen MR) is 90.8 cm³/mol. The van der Waals surface area contributed by atoms with E-state index in [-0.39, 0.29) is 0 Å². The molecule has 2 heterocycles. The topological polar surface area (TPSA) is 17.3 Å². The first-order chi connectivity index (χ1) is 10.1. The Morgan fingerprint density at radius 3 is 2.71 bits per heavy atom. The van der Waals surface area contributed by atoms with Gasteiger partial charge in [-0.3, -0.25) is 4.40 Å². The molecule has 0 aliphatic carbocycles. The van der Waals surface area contributed by atoms with E-state index in [9.17, 15) is 0 Å². The van der Waals surface area contributed by atoms with E-state index in [1.54, 1.807) is 17.4 Å². The number of hydrogen-bond acceptors (Lipinski definition) is 2. The van der Waals surface area contributed by atoms with Crippen molar-refractivity contribution in [3.05, 3.63) is 58.2 Å². The Morgan fingerprint density at radius 1 is 1.05 bits per heavy atom. The first-order valence-corrected chi connectivity index (χ1v) is 8.03. The molecular formula is C16H10Cl2N2S. The van der Waals surface area contributed by atoms with Gasteiger partial charge >= 0.3 is 0 Å². The highest BCUT2D eigenvalue weighted by Crippen LogP contribution is 2.32. The molecule has 4 aromatic rings. The first kappa shape index (κ1) is 13.1. The summed E-state index contributed by atoms with van der Waals surface area (Å²) in [4.78, 5) is 5.68. The quantitative estimate of drug-likeness (QED) is 0.428. The molecule has 2 aromatic carbocycles. The van der Waals surface area contributed by atoms with Crippen LogP contribution in [-0.4, -0.2) is 9.38 Å². The van der Waals surface area contributed by atoms with Crippen LogP contribution in [-0.2, 0) is 0 Å². The summed E-state index contributed by atoms with van der Waals surface area (Å²) in [6.45, 7) is 2.10. The smallest absolute Gasteiger partial charge is 0.195 e. The lowest BCUT2D eigenvalue weighted by Crippen LogP contribution is -1.79. The van der Waals surface area contributed by atoms with Crippen molar-refractivity contribution < 1.29 is 0 Å². The molecule has 0 fully saturated rings. The molecule has 4 rings (SSSR count). The van der Waals surface area contributed by atoms with Gasteiger partial charge in [-0.05, 0) is 36.8 Å². The van der Waals surface area contributed by atoms with Crippen LogP contribution in [0.4, 0.5) is 0 Å². The third-order valence-electron chi connectivity index (χ3n) is 3.47. The fourth-order valence-electron chi connectivity index (χ4n) is 2.40. The highest BCUT2D eigenvalue weighted by Gasteiger charge is 2.11. The van der Waals surface area contributed by atoms with E-state index < -0.39 is 0 Å². The van der Waals surface area contributed by atoms with E-state index in [4.69, 9.17) is 28.2 Å². The first-order valence-electron chi connectivity index (χ1n) is 6.45. The predicted octanol–water partition coefficient (Wildman–Crippen LogP) is 5.83. The minimum absolute atomic E-state index is 0.547. The molecule has 0 amide bonds. The van der Waals surface area contributed by atoms with E-state index in [1.807, 2.05) is 18.3 Å². The van der Waals surface area contributed by atoms with Crippen LogP contribution in [0.1, 0.15) is 5.56 Å². The zero-order valence-electron chi connectivity index (χ0n) is 11.1. The molecule has 0 saturated heterocycles. The molecule has 0 bridgehead atoms. The van der Waals surface area contributed by atoms with E-state index in [0.717, 1.165) is 16.2 Å². The molecule has 0 spiro atoms. The lowest BCUT2D eigenvalue weighted by molar-refractivity contribution is 1.29. The van der Waals surface area contributed by atoms with Crippen LogP contribution in [0.25, 0.3) is 26.4 Å². The highest BCUT2D eigenvalue weighted by molar-refractivity contribution is 7.23. The maximum Gasteiger partial charge on any atom is 0.195 e. The van der Waals surface area contributed by atoms with Crippen molar-refractivity contribution in [1.82, 2.24) is 9.38 Å². The molecule has 104 valence electrons. The summed E-state index contributed by atoms with van der Waals surface area (Å²) in [7, 11) is 0. The van der Waals surface area contributed by atoms with Gasteiger partial charge in [0.25, 0.3) is 0 Å². The Bertz CT molecular complexity index is 985. The summed E-state index contributed by atoms with van der Waals surface area (Å²) in [6, 6.07) is 12.0. The summed E-state index contributed by atoms with van der Waals surface area (Å²) in [5.41, 5.74) is 4.32. The maximum atomic E-state index is 6.08. The number of rotatable bonds is 1. The average Bonchev–Trinajstić information content (AvgIpc) is 2.98. The summed E-state index contributed by atoms with van der Waals surface area (Å²) in [5, 5.41) is 1.10.